The number of amides is 1. The highest BCUT2D eigenvalue weighted by Crippen LogP contribution is 2.28. The molecule has 1 amide bonds. The van der Waals surface area contributed by atoms with E-state index in [2.05, 4.69) is 10.6 Å². The number of halogens is 1. The second-order valence-corrected chi connectivity index (χ2v) is 5.75. The molecule has 1 atom stereocenters. The van der Waals surface area contributed by atoms with E-state index in [9.17, 15) is 14.7 Å². The zero-order valence-electron chi connectivity index (χ0n) is 11.9. The lowest BCUT2D eigenvalue weighted by atomic mass is 9.90. The Labute approximate surface area is 128 Å². The van der Waals surface area contributed by atoms with E-state index in [-0.39, 0.29) is 17.2 Å². The summed E-state index contributed by atoms with van der Waals surface area (Å²) in [5.74, 6) is -1.28. The van der Waals surface area contributed by atoms with Crippen molar-refractivity contribution in [3.63, 3.8) is 0 Å². The van der Waals surface area contributed by atoms with Crippen molar-refractivity contribution in [1.82, 2.24) is 5.32 Å². The molecule has 0 bridgehead atoms. The van der Waals surface area contributed by atoms with Gasteiger partial charge in [-0.15, -0.1) is 0 Å². The van der Waals surface area contributed by atoms with Crippen molar-refractivity contribution in [2.24, 2.45) is 0 Å². The fraction of sp³-hybridized carbons (Fsp3) is 0.467. The molecule has 1 aliphatic rings. The van der Waals surface area contributed by atoms with Gasteiger partial charge < -0.3 is 15.7 Å². The number of rotatable bonds is 5. The van der Waals surface area contributed by atoms with Crippen LogP contribution in [0, 0.1) is 0 Å². The third-order valence-electron chi connectivity index (χ3n) is 3.82. The SMILES string of the molecule is CCCC1(C(=O)Nc2cc(Cl)ccc2C(=O)O)CCCN1. The highest BCUT2D eigenvalue weighted by molar-refractivity contribution is 6.31. The summed E-state index contributed by atoms with van der Waals surface area (Å²) in [6.45, 7) is 2.83. The number of carboxylic acids is 1. The Morgan fingerprint density at radius 3 is 2.81 bits per heavy atom. The van der Waals surface area contributed by atoms with Gasteiger partial charge in [0.15, 0.2) is 0 Å². The van der Waals surface area contributed by atoms with Gasteiger partial charge >= 0.3 is 5.97 Å². The fourth-order valence-electron chi connectivity index (χ4n) is 2.80. The van der Waals surface area contributed by atoms with Crippen molar-refractivity contribution in [2.45, 2.75) is 38.1 Å². The van der Waals surface area contributed by atoms with Gasteiger partial charge in [0.05, 0.1) is 16.8 Å². The molecule has 0 spiro atoms. The molecule has 0 saturated carbocycles. The molecule has 2 rings (SSSR count). The minimum absolute atomic E-state index is 0.0393. The van der Waals surface area contributed by atoms with Gasteiger partial charge in [-0.2, -0.15) is 0 Å². The van der Waals surface area contributed by atoms with E-state index in [1.165, 1.54) is 18.2 Å². The van der Waals surface area contributed by atoms with Crippen molar-refractivity contribution in [3.05, 3.63) is 28.8 Å². The monoisotopic (exact) mass is 310 g/mol. The summed E-state index contributed by atoms with van der Waals surface area (Å²) in [5.41, 5.74) is -0.325. The van der Waals surface area contributed by atoms with Crippen molar-refractivity contribution >= 4 is 29.2 Å². The minimum Gasteiger partial charge on any atom is -0.478 e. The summed E-state index contributed by atoms with van der Waals surface area (Å²) in [6, 6.07) is 4.36. The standard InChI is InChI=1S/C15H19ClN2O3/c1-2-6-15(7-3-8-17-15)14(21)18-12-9-10(16)4-5-11(12)13(19)20/h4-5,9,17H,2-3,6-8H2,1H3,(H,18,21)(H,19,20). The molecule has 1 fully saturated rings. The fourth-order valence-corrected chi connectivity index (χ4v) is 2.97. The predicted octanol–water partition coefficient (Wildman–Crippen LogP) is 2.90. The van der Waals surface area contributed by atoms with Gasteiger partial charge in [-0.25, -0.2) is 4.79 Å². The van der Waals surface area contributed by atoms with Crippen molar-refractivity contribution in [1.29, 1.82) is 0 Å². The lowest BCUT2D eigenvalue weighted by Crippen LogP contribution is -2.50. The Morgan fingerprint density at radius 1 is 1.48 bits per heavy atom. The molecule has 0 aromatic heterocycles. The average Bonchev–Trinajstić information content (AvgIpc) is 2.88. The Balaban J connectivity index is 2.26. The van der Waals surface area contributed by atoms with Crippen LogP contribution in [0.1, 0.15) is 43.0 Å². The van der Waals surface area contributed by atoms with E-state index >= 15 is 0 Å². The number of carboxylic acid groups (broad SMARTS) is 1. The van der Waals surface area contributed by atoms with Crippen LogP contribution < -0.4 is 10.6 Å². The molecular weight excluding hydrogens is 292 g/mol. The summed E-state index contributed by atoms with van der Waals surface area (Å²) >= 11 is 5.90. The van der Waals surface area contributed by atoms with Crippen LogP contribution in [-0.2, 0) is 4.79 Å². The van der Waals surface area contributed by atoms with Crippen molar-refractivity contribution in [2.75, 3.05) is 11.9 Å². The van der Waals surface area contributed by atoms with E-state index < -0.39 is 11.5 Å². The quantitative estimate of drug-likeness (QED) is 0.781. The minimum atomic E-state index is -1.09. The van der Waals surface area contributed by atoms with Crippen LogP contribution in [0.3, 0.4) is 0 Å². The molecule has 114 valence electrons. The van der Waals surface area contributed by atoms with Gasteiger partial charge in [-0.05, 0) is 44.0 Å². The number of benzene rings is 1. The molecular formula is C15H19ClN2O3. The zero-order valence-corrected chi connectivity index (χ0v) is 12.7. The highest BCUT2D eigenvalue weighted by Gasteiger charge is 2.40. The topological polar surface area (TPSA) is 78.4 Å². The molecule has 1 aromatic rings. The molecule has 0 radical (unpaired) electrons. The first-order valence-electron chi connectivity index (χ1n) is 7.08. The number of aromatic carboxylic acids is 1. The number of hydrogen-bond donors (Lipinski definition) is 3. The summed E-state index contributed by atoms with van der Waals surface area (Å²) in [7, 11) is 0. The molecule has 1 unspecified atom stereocenters. The molecule has 5 nitrogen and oxygen atoms in total. The third-order valence-corrected chi connectivity index (χ3v) is 4.05. The Hall–Kier alpha value is -1.59. The largest absolute Gasteiger partial charge is 0.478 e. The molecule has 21 heavy (non-hydrogen) atoms. The maximum Gasteiger partial charge on any atom is 0.337 e. The summed E-state index contributed by atoms with van der Waals surface area (Å²) in [5, 5.41) is 15.6. The third kappa shape index (κ3) is 3.36. The summed E-state index contributed by atoms with van der Waals surface area (Å²) < 4.78 is 0. The van der Waals surface area contributed by atoms with Gasteiger partial charge in [0.2, 0.25) is 5.91 Å². The van der Waals surface area contributed by atoms with Crippen LogP contribution in [0.5, 0.6) is 0 Å². The van der Waals surface area contributed by atoms with Gasteiger partial charge in [-0.3, -0.25) is 4.79 Å². The van der Waals surface area contributed by atoms with Gasteiger partial charge in [0.25, 0.3) is 0 Å². The smallest absolute Gasteiger partial charge is 0.337 e. The van der Waals surface area contributed by atoms with Gasteiger partial charge in [-0.1, -0.05) is 24.9 Å². The van der Waals surface area contributed by atoms with Gasteiger partial charge in [0, 0.05) is 5.02 Å². The second kappa shape index (κ2) is 6.45. The summed E-state index contributed by atoms with van der Waals surface area (Å²) in [6.07, 6.45) is 3.30. The van der Waals surface area contributed by atoms with Crippen LogP contribution in [0.2, 0.25) is 5.02 Å². The lowest BCUT2D eigenvalue weighted by Gasteiger charge is -2.28. The maximum absolute atomic E-state index is 12.6. The molecule has 1 aliphatic heterocycles. The number of anilines is 1. The van der Waals surface area contributed by atoms with Crippen LogP contribution in [0.4, 0.5) is 5.69 Å². The number of carbonyl (C=O) groups is 2. The number of hydrogen-bond acceptors (Lipinski definition) is 3. The first kappa shape index (κ1) is 15.8. The van der Waals surface area contributed by atoms with Crippen LogP contribution in [-0.4, -0.2) is 29.1 Å². The van der Waals surface area contributed by atoms with Crippen LogP contribution in [0.15, 0.2) is 18.2 Å². The lowest BCUT2D eigenvalue weighted by molar-refractivity contribution is -0.122. The van der Waals surface area contributed by atoms with Crippen molar-refractivity contribution in [3.8, 4) is 0 Å². The Bertz CT molecular complexity index is 554. The molecule has 1 saturated heterocycles. The first-order valence-corrected chi connectivity index (χ1v) is 7.45. The van der Waals surface area contributed by atoms with E-state index in [0.29, 0.717) is 5.02 Å². The normalized spacial score (nSPS) is 21.2. The number of nitrogens with one attached hydrogen (secondary N) is 2. The van der Waals surface area contributed by atoms with E-state index in [4.69, 9.17) is 11.6 Å². The Morgan fingerprint density at radius 2 is 2.24 bits per heavy atom. The molecule has 1 heterocycles. The number of carbonyl (C=O) groups excluding carboxylic acids is 1. The van der Waals surface area contributed by atoms with E-state index in [1.807, 2.05) is 6.92 Å². The highest BCUT2D eigenvalue weighted by atomic mass is 35.5. The second-order valence-electron chi connectivity index (χ2n) is 5.31. The first-order chi connectivity index (χ1) is 9.98. The Kier molecular flexibility index (Phi) is 4.85. The zero-order chi connectivity index (χ0) is 15.5. The van der Waals surface area contributed by atoms with Crippen LogP contribution in [0.25, 0.3) is 0 Å². The molecule has 1 aromatic carbocycles. The molecule has 3 N–H and O–H groups in total. The summed E-state index contributed by atoms with van der Waals surface area (Å²) in [4.78, 5) is 23.8. The van der Waals surface area contributed by atoms with Crippen LogP contribution >= 0.6 is 11.6 Å². The molecule has 0 aliphatic carbocycles. The van der Waals surface area contributed by atoms with Crippen molar-refractivity contribution < 1.29 is 14.7 Å². The van der Waals surface area contributed by atoms with E-state index in [0.717, 1.165) is 32.2 Å². The average molecular weight is 311 g/mol. The predicted molar refractivity (Wildman–Crippen MR) is 81.9 cm³/mol. The van der Waals surface area contributed by atoms with Gasteiger partial charge in [0.1, 0.15) is 0 Å². The maximum atomic E-state index is 12.6. The van der Waals surface area contributed by atoms with E-state index in [1.54, 1.807) is 0 Å². The molecule has 6 heteroatoms.